The number of aliphatic hydroxyl groups excluding tert-OH is 1. The lowest BCUT2D eigenvalue weighted by Gasteiger charge is -2.24. The second-order valence-corrected chi connectivity index (χ2v) is 8.83. The lowest BCUT2D eigenvalue weighted by atomic mass is 9.98. The maximum atomic E-state index is 13.3. The molecule has 0 saturated carbocycles. The summed E-state index contributed by atoms with van der Waals surface area (Å²) in [7, 11) is 1.43. The average Bonchev–Trinajstić information content (AvgIpc) is 3.40. The molecule has 1 unspecified atom stereocenters. The summed E-state index contributed by atoms with van der Waals surface area (Å²) in [6, 6.07) is 13.2. The van der Waals surface area contributed by atoms with Gasteiger partial charge in [-0.2, -0.15) is 0 Å². The Hall–Kier alpha value is -3.29. The van der Waals surface area contributed by atoms with Gasteiger partial charge in [-0.05, 0) is 55.1 Å². The van der Waals surface area contributed by atoms with Crippen molar-refractivity contribution in [2.75, 3.05) is 18.6 Å². The van der Waals surface area contributed by atoms with Gasteiger partial charge in [-0.3, -0.25) is 14.5 Å². The van der Waals surface area contributed by atoms with E-state index in [0.717, 1.165) is 10.4 Å². The van der Waals surface area contributed by atoms with Gasteiger partial charge in [0.15, 0.2) is 0 Å². The summed E-state index contributed by atoms with van der Waals surface area (Å²) in [6.45, 7) is 4.14. The number of ether oxygens (including phenoxy) is 2. The van der Waals surface area contributed by atoms with Gasteiger partial charge in [0, 0.05) is 16.6 Å². The van der Waals surface area contributed by atoms with Crippen molar-refractivity contribution < 1.29 is 24.2 Å². The molecular weight excluding hydrogens is 462 g/mol. The number of halogens is 1. The zero-order valence-corrected chi connectivity index (χ0v) is 19.9. The Bertz CT molecular complexity index is 1250. The van der Waals surface area contributed by atoms with Gasteiger partial charge in [-0.15, -0.1) is 11.3 Å². The number of aryl methyl sites for hydroxylation is 1. The second-order valence-electron chi connectivity index (χ2n) is 7.44. The van der Waals surface area contributed by atoms with Gasteiger partial charge in [0.05, 0.1) is 29.9 Å². The van der Waals surface area contributed by atoms with Gasteiger partial charge in [-0.1, -0.05) is 23.7 Å². The number of amides is 1. The molecule has 1 aliphatic rings. The molecule has 2 aromatic carbocycles. The number of rotatable bonds is 6. The first kappa shape index (κ1) is 22.9. The minimum absolute atomic E-state index is 0.0239. The molecule has 1 amide bonds. The highest BCUT2D eigenvalue weighted by molar-refractivity contribution is 7.10. The molecule has 1 fully saturated rings. The number of thiophene rings is 1. The number of benzene rings is 2. The fourth-order valence-corrected chi connectivity index (χ4v) is 5.14. The van der Waals surface area contributed by atoms with Gasteiger partial charge in [0.1, 0.15) is 23.3 Å². The lowest BCUT2D eigenvalue weighted by Crippen LogP contribution is -2.29. The molecule has 0 radical (unpaired) electrons. The number of anilines is 1. The number of hydrogen-bond acceptors (Lipinski definition) is 6. The predicted molar refractivity (Wildman–Crippen MR) is 129 cm³/mol. The van der Waals surface area contributed by atoms with Crippen LogP contribution in [0.5, 0.6) is 11.5 Å². The molecule has 170 valence electrons. The maximum Gasteiger partial charge on any atom is 0.300 e. The Morgan fingerprint density at radius 2 is 1.97 bits per heavy atom. The predicted octanol–water partition coefficient (Wildman–Crippen LogP) is 5.74. The first-order chi connectivity index (χ1) is 15.9. The second kappa shape index (κ2) is 9.29. The molecule has 1 saturated heterocycles. The van der Waals surface area contributed by atoms with Crippen molar-refractivity contribution in [2.24, 2.45) is 0 Å². The number of hydrogen-bond donors (Lipinski definition) is 1. The van der Waals surface area contributed by atoms with Crippen LogP contribution in [0.2, 0.25) is 5.02 Å². The molecule has 1 N–H and O–H groups in total. The molecule has 1 aromatic heterocycles. The van der Waals surface area contributed by atoms with Crippen LogP contribution in [0.3, 0.4) is 0 Å². The summed E-state index contributed by atoms with van der Waals surface area (Å²) in [4.78, 5) is 28.7. The number of Topliss-reactive ketones (excluding diaryl/α,β-unsaturated/α-hetero) is 1. The van der Waals surface area contributed by atoms with E-state index in [-0.39, 0.29) is 22.6 Å². The summed E-state index contributed by atoms with van der Waals surface area (Å²) >= 11 is 7.72. The minimum atomic E-state index is -0.814. The van der Waals surface area contributed by atoms with Gasteiger partial charge >= 0.3 is 0 Å². The molecule has 0 spiro atoms. The lowest BCUT2D eigenvalue weighted by molar-refractivity contribution is -0.132. The van der Waals surface area contributed by atoms with E-state index < -0.39 is 17.7 Å². The van der Waals surface area contributed by atoms with Crippen LogP contribution < -0.4 is 14.4 Å². The van der Waals surface area contributed by atoms with Gasteiger partial charge in [-0.25, -0.2) is 0 Å². The minimum Gasteiger partial charge on any atom is -0.507 e. The highest BCUT2D eigenvalue weighted by Crippen LogP contribution is 2.45. The molecule has 0 bridgehead atoms. The van der Waals surface area contributed by atoms with E-state index in [9.17, 15) is 14.7 Å². The maximum absolute atomic E-state index is 13.3. The number of ketones is 1. The molecule has 1 atom stereocenters. The van der Waals surface area contributed by atoms with Crippen molar-refractivity contribution >= 4 is 46.1 Å². The van der Waals surface area contributed by atoms with Crippen LogP contribution >= 0.6 is 22.9 Å². The molecule has 0 aliphatic carbocycles. The fourth-order valence-electron chi connectivity index (χ4n) is 3.96. The SMILES string of the molecule is CCOc1cccc(N2C(=O)C(=O)/C(=C(\O)c3cc(C)cc(Cl)c3OC)C2c2cccs2)c1. The van der Waals surface area contributed by atoms with Gasteiger partial charge in [0.25, 0.3) is 11.7 Å². The van der Waals surface area contributed by atoms with Crippen molar-refractivity contribution in [2.45, 2.75) is 19.9 Å². The van der Waals surface area contributed by atoms with Crippen LogP contribution in [0.25, 0.3) is 5.76 Å². The Labute approximate surface area is 200 Å². The van der Waals surface area contributed by atoms with Crippen LogP contribution in [0.15, 0.2) is 59.5 Å². The monoisotopic (exact) mass is 483 g/mol. The first-order valence-corrected chi connectivity index (χ1v) is 11.5. The van der Waals surface area contributed by atoms with E-state index >= 15 is 0 Å². The van der Waals surface area contributed by atoms with Gasteiger partial charge < -0.3 is 14.6 Å². The third kappa shape index (κ3) is 4.10. The Morgan fingerprint density at radius 1 is 1.18 bits per heavy atom. The molecule has 33 heavy (non-hydrogen) atoms. The van der Waals surface area contributed by atoms with E-state index in [0.29, 0.717) is 23.1 Å². The highest BCUT2D eigenvalue weighted by atomic mass is 35.5. The fraction of sp³-hybridized carbons (Fsp3) is 0.200. The van der Waals surface area contributed by atoms with E-state index in [1.807, 2.05) is 31.4 Å². The van der Waals surface area contributed by atoms with Gasteiger partial charge in [0.2, 0.25) is 0 Å². The largest absolute Gasteiger partial charge is 0.507 e. The quantitative estimate of drug-likeness (QED) is 0.275. The Balaban J connectivity index is 1.95. The first-order valence-electron chi connectivity index (χ1n) is 10.3. The molecule has 8 heteroatoms. The third-order valence-electron chi connectivity index (χ3n) is 5.31. The van der Waals surface area contributed by atoms with E-state index in [1.165, 1.54) is 23.3 Å². The van der Waals surface area contributed by atoms with Crippen LogP contribution in [-0.2, 0) is 9.59 Å². The summed E-state index contributed by atoms with van der Waals surface area (Å²) < 4.78 is 11.0. The standard InChI is InChI=1S/C25H22ClNO5S/c1-4-32-16-8-5-7-15(13-16)27-21(19-9-6-10-33-19)20(23(29)25(27)30)22(28)17-11-14(2)12-18(26)24(17)31-3/h5-13,21,28H,4H2,1-3H3/b22-20-. The molecule has 6 nitrogen and oxygen atoms in total. The normalized spacial score (nSPS) is 17.5. The summed E-state index contributed by atoms with van der Waals surface area (Å²) in [5, 5.41) is 13.5. The Morgan fingerprint density at radius 3 is 2.64 bits per heavy atom. The number of carbonyl (C=O) groups excluding carboxylic acids is 2. The molecule has 3 aromatic rings. The van der Waals surface area contributed by atoms with Crippen molar-refractivity contribution in [3.05, 3.63) is 80.5 Å². The van der Waals surface area contributed by atoms with Crippen LogP contribution in [0.4, 0.5) is 5.69 Å². The zero-order chi connectivity index (χ0) is 23.7. The molecule has 1 aliphatic heterocycles. The summed E-state index contributed by atoms with van der Waals surface area (Å²) in [5.74, 6) is -1.05. The highest BCUT2D eigenvalue weighted by Gasteiger charge is 2.47. The molecule has 2 heterocycles. The van der Waals surface area contributed by atoms with Crippen molar-refractivity contribution in [1.29, 1.82) is 0 Å². The average molecular weight is 484 g/mol. The number of methoxy groups -OCH3 is 1. The van der Waals surface area contributed by atoms with Crippen LogP contribution in [0.1, 0.15) is 29.0 Å². The number of carbonyl (C=O) groups is 2. The zero-order valence-electron chi connectivity index (χ0n) is 18.3. The summed E-state index contributed by atoms with van der Waals surface area (Å²) in [5.41, 5.74) is 1.50. The third-order valence-corrected chi connectivity index (χ3v) is 6.52. The number of aliphatic hydroxyl groups is 1. The van der Waals surface area contributed by atoms with Crippen molar-refractivity contribution in [1.82, 2.24) is 0 Å². The summed E-state index contributed by atoms with van der Waals surface area (Å²) in [6.07, 6.45) is 0. The molecular formula is C25H22ClNO5S. The Kier molecular flexibility index (Phi) is 6.44. The van der Waals surface area contributed by atoms with Crippen molar-refractivity contribution in [3.8, 4) is 11.5 Å². The molecule has 4 rings (SSSR count). The van der Waals surface area contributed by atoms with Crippen LogP contribution in [0, 0.1) is 6.92 Å². The van der Waals surface area contributed by atoms with E-state index in [2.05, 4.69) is 0 Å². The van der Waals surface area contributed by atoms with Crippen molar-refractivity contribution in [3.63, 3.8) is 0 Å². The topological polar surface area (TPSA) is 76.1 Å². The van der Waals surface area contributed by atoms with Crippen LogP contribution in [-0.4, -0.2) is 30.5 Å². The van der Waals surface area contributed by atoms with E-state index in [1.54, 1.807) is 36.4 Å². The smallest absolute Gasteiger partial charge is 0.300 e. The number of nitrogens with zero attached hydrogens (tertiary/aromatic N) is 1. The van der Waals surface area contributed by atoms with E-state index in [4.69, 9.17) is 21.1 Å².